The average molecular weight is 383 g/mol. The second-order valence-corrected chi connectivity index (χ2v) is 7.32. The van der Waals surface area contributed by atoms with Crippen LogP contribution in [0, 0.1) is 5.92 Å². The molecule has 0 bridgehead atoms. The number of likely N-dealkylation sites (tertiary alicyclic amines) is 1. The first-order valence-electron chi connectivity index (χ1n) is 9.35. The van der Waals surface area contributed by atoms with Gasteiger partial charge in [0.25, 0.3) is 0 Å². The fourth-order valence-corrected chi connectivity index (χ4v) is 3.63. The van der Waals surface area contributed by atoms with Crippen molar-refractivity contribution in [2.75, 3.05) is 13.1 Å². The van der Waals surface area contributed by atoms with Gasteiger partial charge in [0.05, 0.1) is 6.20 Å². The van der Waals surface area contributed by atoms with Crippen LogP contribution in [0.3, 0.4) is 0 Å². The molecule has 7 nitrogen and oxygen atoms in total. The first kappa shape index (κ1) is 18.3. The van der Waals surface area contributed by atoms with E-state index in [0.29, 0.717) is 48.5 Å². The van der Waals surface area contributed by atoms with Gasteiger partial charge in [-0.3, -0.25) is 4.57 Å². The average Bonchev–Trinajstić information content (AvgIpc) is 2.77. The highest BCUT2D eigenvalue weighted by atomic mass is 19.1. The van der Waals surface area contributed by atoms with Crippen LogP contribution in [0.1, 0.15) is 26.1 Å². The summed E-state index contributed by atoms with van der Waals surface area (Å²) in [6, 6.07) is -0.379. The van der Waals surface area contributed by atoms with Crippen LogP contribution < -0.4 is 5.69 Å². The zero-order valence-corrected chi connectivity index (χ0v) is 16.1. The number of aromatic nitrogens is 4. The van der Waals surface area contributed by atoms with Crippen LogP contribution >= 0.6 is 0 Å². The SMILES string of the molecule is CCc1ncc2c(n1)n(C(=O)N1CC(C3=CC=CC(F)=C(C)C3)C1)c(=O)n2C. The number of carbonyl (C=O) groups is 1. The van der Waals surface area contributed by atoms with Crippen molar-refractivity contribution < 1.29 is 9.18 Å². The zero-order valence-electron chi connectivity index (χ0n) is 16.1. The van der Waals surface area contributed by atoms with Crippen LogP contribution in [0.5, 0.6) is 0 Å². The number of fused-ring (bicyclic) bond motifs is 1. The van der Waals surface area contributed by atoms with Crippen LogP contribution in [0.4, 0.5) is 9.18 Å². The lowest BCUT2D eigenvalue weighted by Gasteiger charge is -2.40. The number of hydrogen-bond donors (Lipinski definition) is 0. The predicted octanol–water partition coefficient (Wildman–Crippen LogP) is 2.72. The zero-order chi connectivity index (χ0) is 20.0. The fraction of sp³-hybridized carbons (Fsp3) is 0.400. The molecule has 0 atom stereocenters. The number of halogens is 1. The van der Waals surface area contributed by atoms with E-state index < -0.39 is 5.69 Å². The van der Waals surface area contributed by atoms with Gasteiger partial charge in [-0.2, -0.15) is 4.57 Å². The molecule has 1 aliphatic heterocycles. The lowest BCUT2D eigenvalue weighted by molar-refractivity contribution is 0.137. The van der Waals surface area contributed by atoms with Gasteiger partial charge in [0, 0.05) is 32.5 Å². The Bertz CT molecular complexity index is 1120. The van der Waals surface area contributed by atoms with E-state index in [0.717, 1.165) is 10.1 Å². The van der Waals surface area contributed by atoms with Crippen molar-refractivity contribution in [3.05, 3.63) is 57.7 Å². The molecule has 146 valence electrons. The third-order valence-corrected chi connectivity index (χ3v) is 5.47. The number of nitrogens with zero attached hydrogens (tertiary/aromatic N) is 5. The number of amides is 1. The van der Waals surface area contributed by atoms with E-state index in [1.54, 1.807) is 31.1 Å². The minimum absolute atomic E-state index is 0.168. The molecule has 8 heteroatoms. The van der Waals surface area contributed by atoms with Crippen LogP contribution in [-0.2, 0) is 13.5 Å². The van der Waals surface area contributed by atoms with E-state index in [1.165, 1.54) is 10.6 Å². The maximum absolute atomic E-state index is 13.7. The molecule has 0 aromatic carbocycles. The van der Waals surface area contributed by atoms with Crippen LogP contribution in [0.15, 0.2) is 46.2 Å². The summed E-state index contributed by atoms with van der Waals surface area (Å²) in [7, 11) is 1.61. The smallest absolute Gasteiger partial charge is 0.323 e. The van der Waals surface area contributed by atoms with E-state index >= 15 is 0 Å². The highest BCUT2D eigenvalue weighted by Gasteiger charge is 2.35. The molecule has 1 amide bonds. The number of carbonyl (C=O) groups excluding carboxylic acids is 1. The molecule has 1 saturated heterocycles. The monoisotopic (exact) mass is 383 g/mol. The van der Waals surface area contributed by atoms with Crippen molar-refractivity contribution in [1.29, 1.82) is 0 Å². The molecule has 4 rings (SSSR count). The summed E-state index contributed by atoms with van der Waals surface area (Å²) in [5.41, 5.74) is 2.24. The second-order valence-electron chi connectivity index (χ2n) is 7.32. The minimum atomic E-state index is -0.427. The standard InChI is InChI=1S/C20H22FN5O2/c1-4-17-22-9-16-18(23-17)26(19(27)24(16)3)20(28)25-10-14(11-25)13-6-5-7-15(21)12(2)8-13/h5-7,9,14H,4,8,10-11H2,1-3H3. The van der Waals surface area contributed by atoms with Crippen LogP contribution in [0.25, 0.3) is 11.2 Å². The summed E-state index contributed by atoms with van der Waals surface area (Å²) in [6.45, 7) is 4.70. The van der Waals surface area contributed by atoms with Crippen LogP contribution in [-0.4, -0.2) is 43.1 Å². The van der Waals surface area contributed by atoms with Gasteiger partial charge in [0.2, 0.25) is 0 Å². The summed E-state index contributed by atoms with van der Waals surface area (Å²) >= 11 is 0. The molecule has 1 aliphatic carbocycles. The van der Waals surface area contributed by atoms with Crippen molar-refractivity contribution in [2.45, 2.75) is 26.7 Å². The molecular formula is C20H22FN5O2. The molecule has 0 unspecified atom stereocenters. The molecule has 2 aromatic rings. The Labute approximate surface area is 161 Å². The van der Waals surface area contributed by atoms with Gasteiger partial charge >= 0.3 is 11.7 Å². The molecule has 0 spiro atoms. The predicted molar refractivity (Wildman–Crippen MR) is 104 cm³/mol. The van der Waals surface area contributed by atoms with Gasteiger partial charge in [0.15, 0.2) is 5.65 Å². The third-order valence-electron chi connectivity index (χ3n) is 5.47. The molecular weight excluding hydrogens is 361 g/mol. The van der Waals surface area contributed by atoms with Crippen molar-refractivity contribution in [3.63, 3.8) is 0 Å². The Morgan fingerprint density at radius 3 is 2.82 bits per heavy atom. The minimum Gasteiger partial charge on any atom is -0.323 e. The number of imidazole rings is 1. The number of aryl methyl sites for hydroxylation is 2. The maximum Gasteiger partial charge on any atom is 0.338 e. The van der Waals surface area contributed by atoms with Gasteiger partial charge in [-0.1, -0.05) is 24.6 Å². The molecule has 1 fully saturated rings. The molecule has 0 saturated carbocycles. The van der Waals surface area contributed by atoms with Gasteiger partial charge in [0.1, 0.15) is 17.2 Å². The van der Waals surface area contributed by atoms with Gasteiger partial charge in [-0.25, -0.2) is 23.9 Å². The highest BCUT2D eigenvalue weighted by molar-refractivity contribution is 5.87. The summed E-state index contributed by atoms with van der Waals surface area (Å²) in [5, 5.41) is 0. The Kier molecular flexibility index (Phi) is 4.49. The first-order chi connectivity index (χ1) is 13.4. The Morgan fingerprint density at radius 1 is 1.36 bits per heavy atom. The first-order valence-corrected chi connectivity index (χ1v) is 9.35. The molecule has 28 heavy (non-hydrogen) atoms. The van der Waals surface area contributed by atoms with E-state index in [2.05, 4.69) is 9.97 Å². The normalized spacial score (nSPS) is 17.7. The topological polar surface area (TPSA) is 73.0 Å². The summed E-state index contributed by atoms with van der Waals surface area (Å²) in [5.74, 6) is 0.550. The van der Waals surface area contributed by atoms with Crippen molar-refractivity contribution in [1.82, 2.24) is 24.0 Å². The summed E-state index contributed by atoms with van der Waals surface area (Å²) in [6.07, 6.45) is 7.86. The second kappa shape index (κ2) is 6.85. The highest BCUT2D eigenvalue weighted by Crippen LogP contribution is 2.31. The molecule has 2 aromatic heterocycles. The van der Waals surface area contributed by atoms with Gasteiger partial charge < -0.3 is 4.90 Å². The summed E-state index contributed by atoms with van der Waals surface area (Å²) < 4.78 is 16.2. The quantitative estimate of drug-likeness (QED) is 0.799. The maximum atomic E-state index is 13.7. The Morgan fingerprint density at radius 2 is 2.11 bits per heavy atom. The lowest BCUT2D eigenvalue weighted by atomic mass is 9.87. The van der Waals surface area contributed by atoms with Gasteiger partial charge in [-0.05, 0) is 25.0 Å². The molecule has 0 N–H and O–H groups in total. The molecule has 3 heterocycles. The van der Waals surface area contributed by atoms with Crippen molar-refractivity contribution in [3.8, 4) is 0 Å². The fourth-order valence-electron chi connectivity index (χ4n) is 3.63. The van der Waals surface area contributed by atoms with Crippen LogP contribution in [0.2, 0.25) is 0 Å². The Balaban J connectivity index is 1.58. The molecule has 0 radical (unpaired) electrons. The van der Waals surface area contributed by atoms with Gasteiger partial charge in [-0.15, -0.1) is 0 Å². The van der Waals surface area contributed by atoms with Crippen molar-refractivity contribution in [2.24, 2.45) is 13.0 Å². The lowest BCUT2D eigenvalue weighted by Crippen LogP contribution is -2.53. The van der Waals surface area contributed by atoms with Crippen molar-refractivity contribution >= 4 is 17.2 Å². The summed E-state index contributed by atoms with van der Waals surface area (Å²) in [4.78, 5) is 35.9. The van der Waals surface area contributed by atoms with E-state index in [4.69, 9.17) is 0 Å². The van der Waals surface area contributed by atoms with E-state index in [-0.39, 0.29) is 17.8 Å². The van der Waals surface area contributed by atoms with E-state index in [9.17, 15) is 14.0 Å². The third kappa shape index (κ3) is 2.89. The largest absolute Gasteiger partial charge is 0.338 e. The number of rotatable bonds is 2. The number of hydrogen-bond acceptors (Lipinski definition) is 4. The molecule has 2 aliphatic rings. The Hall–Kier alpha value is -3.03. The van der Waals surface area contributed by atoms with E-state index in [1.807, 2.05) is 13.0 Å². The number of allylic oxidation sites excluding steroid dienone is 5.